The van der Waals surface area contributed by atoms with Crippen molar-refractivity contribution in [2.45, 2.75) is 9.79 Å². The minimum Gasteiger partial charge on any atom is -0.264 e. The maximum Gasteiger partial charge on any atom is 0.0432 e. The molecular weight excluding hydrogens is 249 g/mol. The topological polar surface area (TPSA) is 12.9 Å². The third-order valence-electron chi connectivity index (χ3n) is 1.71. The number of aromatic nitrogens is 1. The first-order valence-corrected chi connectivity index (χ1v) is 5.85. The van der Waals surface area contributed by atoms with Crippen molar-refractivity contribution in [1.29, 1.82) is 0 Å². The van der Waals surface area contributed by atoms with E-state index in [1.54, 1.807) is 30.2 Å². The first-order valence-electron chi connectivity index (χ1n) is 4.28. The van der Waals surface area contributed by atoms with Crippen LogP contribution in [0.1, 0.15) is 0 Å². The molecule has 4 heteroatoms. The summed E-state index contributed by atoms with van der Waals surface area (Å²) >= 11 is 13.4. The quantitative estimate of drug-likeness (QED) is 0.782. The van der Waals surface area contributed by atoms with Crippen LogP contribution in [0.3, 0.4) is 0 Å². The van der Waals surface area contributed by atoms with E-state index in [4.69, 9.17) is 23.2 Å². The smallest absolute Gasteiger partial charge is 0.0432 e. The highest BCUT2D eigenvalue weighted by atomic mass is 35.5. The molecule has 2 aromatic rings. The van der Waals surface area contributed by atoms with Gasteiger partial charge in [0.25, 0.3) is 0 Å². The maximum atomic E-state index is 5.90. The summed E-state index contributed by atoms with van der Waals surface area (Å²) in [5.41, 5.74) is 0. The number of pyridine rings is 1. The number of benzene rings is 1. The molecule has 0 spiro atoms. The molecule has 76 valence electrons. The second-order valence-corrected chi connectivity index (χ2v) is 4.92. The molecule has 0 aliphatic carbocycles. The monoisotopic (exact) mass is 255 g/mol. The normalized spacial score (nSPS) is 10.3. The Bertz CT molecular complexity index is 439. The molecule has 2 rings (SSSR count). The van der Waals surface area contributed by atoms with Gasteiger partial charge in [-0.25, -0.2) is 0 Å². The zero-order chi connectivity index (χ0) is 10.7. The molecule has 0 unspecified atom stereocenters. The molecule has 15 heavy (non-hydrogen) atoms. The zero-order valence-corrected chi connectivity index (χ0v) is 9.98. The Balaban J connectivity index is 2.25. The van der Waals surface area contributed by atoms with Crippen molar-refractivity contribution in [3.8, 4) is 0 Å². The fraction of sp³-hybridized carbons (Fsp3) is 0. The van der Waals surface area contributed by atoms with Crippen LogP contribution in [-0.4, -0.2) is 4.98 Å². The van der Waals surface area contributed by atoms with Gasteiger partial charge in [0.15, 0.2) is 0 Å². The van der Waals surface area contributed by atoms with E-state index in [-0.39, 0.29) is 0 Å². The van der Waals surface area contributed by atoms with E-state index in [0.717, 1.165) is 9.79 Å². The summed E-state index contributed by atoms with van der Waals surface area (Å²) in [4.78, 5) is 6.12. The largest absolute Gasteiger partial charge is 0.264 e. The summed E-state index contributed by atoms with van der Waals surface area (Å²) in [5, 5.41) is 1.29. The van der Waals surface area contributed by atoms with Gasteiger partial charge in [-0.1, -0.05) is 35.0 Å². The van der Waals surface area contributed by atoms with Crippen molar-refractivity contribution in [3.05, 3.63) is 52.8 Å². The molecule has 0 radical (unpaired) electrons. The molecule has 0 saturated heterocycles. The molecule has 0 saturated carbocycles. The van der Waals surface area contributed by atoms with Gasteiger partial charge in [-0.05, 0) is 30.3 Å². The van der Waals surface area contributed by atoms with Crippen molar-refractivity contribution in [1.82, 2.24) is 4.98 Å². The van der Waals surface area contributed by atoms with Gasteiger partial charge in [-0.3, -0.25) is 4.98 Å². The van der Waals surface area contributed by atoms with Crippen LogP contribution in [0.5, 0.6) is 0 Å². The van der Waals surface area contributed by atoms with Crippen LogP contribution in [0.25, 0.3) is 0 Å². The van der Waals surface area contributed by atoms with Crippen molar-refractivity contribution in [2.24, 2.45) is 0 Å². The first-order chi connectivity index (χ1) is 7.24. The Morgan fingerprint density at radius 3 is 2.33 bits per heavy atom. The summed E-state index contributed by atoms with van der Waals surface area (Å²) in [6.07, 6.45) is 3.55. The van der Waals surface area contributed by atoms with E-state index in [1.807, 2.05) is 24.3 Å². The number of halogens is 2. The van der Waals surface area contributed by atoms with Crippen LogP contribution in [0.4, 0.5) is 0 Å². The van der Waals surface area contributed by atoms with Gasteiger partial charge in [0.05, 0.1) is 0 Å². The molecule has 1 nitrogen and oxygen atoms in total. The maximum absolute atomic E-state index is 5.90. The number of nitrogens with zero attached hydrogens (tertiary/aromatic N) is 1. The summed E-state index contributed by atoms with van der Waals surface area (Å²) in [6, 6.07) is 9.37. The average molecular weight is 256 g/mol. The van der Waals surface area contributed by atoms with Gasteiger partial charge in [0.1, 0.15) is 0 Å². The van der Waals surface area contributed by atoms with Crippen molar-refractivity contribution in [2.75, 3.05) is 0 Å². The fourth-order valence-corrected chi connectivity index (χ4v) is 2.69. The van der Waals surface area contributed by atoms with E-state index >= 15 is 0 Å². The highest BCUT2D eigenvalue weighted by molar-refractivity contribution is 7.99. The Morgan fingerprint density at radius 2 is 1.73 bits per heavy atom. The van der Waals surface area contributed by atoms with Gasteiger partial charge in [0, 0.05) is 32.2 Å². The average Bonchev–Trinajstić information content (AvgIpc) is 2.17. The molecule has 0 N–H and O–H groups in total. The van der Waals surface area contributed by atoms with Crippen LogP contribution in [0, 0.1) is 0 Å². The van der Waals surface area contributed by atoms with Crippen LogP contribution >= 0.6 is 35.0 Å². The minimum atomic E-state index is 0.647. The summed E-state index contributed by atoms with van der Waals surface area (Å²) in [6.45, 7) is 0. The van der Waals surface area contributed by atoms with Crippen molar-refractivity contribution in [3.63, 3.8) is 0 Å². The lowest BCUT2D eigenvalue weighted by atomic mass is 10.4. The van der Waals surface area contributed by atoms with Gasteiger partial charge in [0.2, 0.25) is 0 Å². The number of hydrogen-bond acceptors (Lipinski definition) is 2. The van der Waals surface area contributed by atoms with Crippen molar-refractivity contribution >= 4 is 35.0 Å². The number of hydrogen-bond donors (Lipinski definition) is 0. The lowest BCUT2D eigenvalue weighted by Crippen LogP contribution is -1.76. The summed E-state index contributed by atoms with van der Waals surface area (Å²) in [7, 11) is 0. The number of rotatable bonds is 2. The molecule has 1 heterocycles. The van der Waals surface area contributed by atoms with Crippen LogP contribution in [-0.2, 0) is 0 Å². The molecule has 1 aromatic heterocycles. The molecule has 0 aliphatic rings. The molecule has 0 fully saturated rings. The molecular formula is C11H7Cl2NS. The predicted octanol–water partition coefficient (Wildman–Crippen LogP) is 4.54. The first kappa shape index (κ1) is 10.8. The van der Waals surface area contributed by atoms with Gasteiger partial charge >= 0.3 is 0 Å². The van der Waals surface area contributed by atoms with Crippen LogP contribution in [0.2, 0.25) is 10.0 Å². The third-order valence-corrected chi connectivity index (χ3v) is 3.09. The predicted molar refractivity (Wildman–Crippen MR) is 64.8 cm³/mol. The van der Waals surface area contributed by atoms with E-state index in [0.29, 0.717) is 10.0 Å². The van der Waals surface area contributed by atoms with E-state index < -0.39 is 0 Å². The summed E-state index contributed by atoms with van der Waals surface area (Å²) in [5.74, 6) is 0. The van der Waals surface area contributed by atoms with Gasteiger partial charge < -0.3 is 0 Å². The van der Waals surface area contributed by atoms with Crippen molar-refractivity contribution < 1.29 is 0 Å². The van der Waals surface area contributed by atoms with E-state index in [9.17, 15) is 0 Å². The molecule has 0 bridgehead atoms. The zero-order valence-electron chi connectivity index (χ0n) is 7.65. The molecule has 0 atom stereocenters. The van der Waals surface area contributed by atoms with Gasteiger partial charge in [-0.2, -0.15) is 0 Å². The lowest BCUT2D eigenvalue weighted by Gasteiger charge is -2.02. The second-order valence-electron chi connectivity index (χ2n) is 2.90. The van der Waals surface area contributed by atoms with Gasteiger partial charge in [-0.15, -0.1) is 0 Å². The molecule has 1 aromatic carbocycles. The Kier molecular flexibility index (Phi) is 3.52. The fourth-order valence-electron chi connectivity index (χ4n) is 1.13. The van der Waals surface area contributed by atoms with Crippen LogP contribution < -0.4 is 0 Å². The highest BCUT2D eigenvalue weighted by Crippen LogP contribution is 2.31. The van der Waals surface area contributed by atoms with E-state index in [1.165, 1.54) is 0 Å². The Labute approximate surface area is 102 Å². The second kappa shape index (κ2) is 4.88. The Morgan fingerprint density at radius 1 is 1.00 bits per heavy atom. The minimum absolute atomic E-state index is 0.647. The Hall–Kier alpha value is -0.700. The lowest BCUT2D eigenvalue weighted by molar-refractivity contribution is 1.23. The molecule has 0 amide bonds. The summed E-state index contributed by atoms with van der Waals surface area (Å²) < 4.78 is 0. The van der Waals surface area contributed by atoms with Crippen LogP contribution in [0.15, 0.2) is 52.5 Å². The third kappa shape index (κ3) is 3.13. The SMILES string of the molecule is Clc1cc(Cl)cc(Sc2cccnc2)c1. The van der Waals surface area contributed by atoms with E-state index in [2.05, 4.69) is 4.98 Å². The highest BCUT2D eigenvalue weighted by Gasteiger charge is 2.00. The standard InChI is InChI=1S/C11H7Cl2NS/c12-8-4-9(13)6-11(5-8)15-10-2-1-3-14-7-10/h1-7H. The molecule has 0 aliphatic heterocycles.